The number of hydrogen-bond donors (Lipinski definition) is 1. The van der Waals surface area contributed by atoms with Crippen molar-refractivity contribution in [3.05, 3.63) is 42.0 Å². The molecule has 5 nitrogen and oxygen atoms in total. The van der Waals surface area contributed by atoms with E-state index in [1.807, 2.05) is 25.5 Å². The number of nitrogens with one attached hydrogen (secondary N) is 1. The van der Waals surface area contributed by atoms with Gasteiger partial charge in [-0.3, -0.25) is 0 Å². The van der Waals surface area contributed by atoms with Crippen molar-refractivity contribution in [2.24, 2.45) is 7.05 Å². The second kappa shape index (κ2) is 6.62. The summed E-state index contributed by atoms with van der Waals surface area (Å²) in [4.78, 5) is 0. The first kappa shape index (κ1) is 15.4. The van der Waals surface area contributed by atoms with Gasteiger partial charge in [-0.25, -0.2) is 0 Å². The molecule has 1 heterocycles. The van der Waals surface area contributed by atoms with E-state index in [0.717, 1.165) is 11.4 Å². The van der Waals surface area contributed by atoms with Gasteiger partial charge < -0.3 is 14.6 Å². The Hall–Kier alpha value is -2.02. The molecule has 2 rings (SSSR count). The van der Waals surface area contributed by atoms with Crippen LogP contribution in [0.15, 0.2) is 30.6 Å². The van der Waals surface area contributed by atoms with E-state index in [9.17, 15) is 8.78 Å². The van der Waals surface area contributed by atoms with E-state index in [2.05, 4.69) is 20.3 Å². The highest BCUT2D eigenvalue weighted by Crippen LogP contribution is 2.21. The number of aryl methyl sites for hydroxylation is 1. The van der Waals surface area contributed by atoms with E-state index in [-0.39, 0.29) is 17.8 Å². The summed E-state index contributed by atoms with van der Waals surface area (Å²) in [5.74, 6) is 0.988. The second-order valence-electron chi connectivity index (χ2n) is 4.86. The van der Waals surface area contributed by atoms with Gasteiger partial charge in [0.25, 0.3) is 0 Å². The molecule has 2 unspecified atom stereocenters. The molecule has 1 aromatic carbocycles. The van der Waals surface area contributed by atoms with Crippen molar-refractivity contribution in [1.29, 1.82) is 0 Å². The number of nitrogens with zero attached hydrogens (tertiary/aromatic N) is 3. The zero-order valence-corrected chi connectivity index (χ0v) is 12.1. The van der Waals surface area contributed by atoms with Crippen LogP contribution < -0.4 is 10.1 Å². The van der Waals surface area contributed by atoms with Crippen molar-refractivity contribution in [3.8, 4) is 5.75 Å². The van der Waals surface area contributed by atoms with E-state index in [4.69, 9.17) is 0 Å². The van der Waals surface area contributed by atoms with Gasteiger partial charge in [0.2, 0.25) is 0 Å². The molecule has 2 atom stereocenters. The number of ether oxygens (including phenoxy) is 1. The molecule has 0 aliphatic rings. The monoisotopic (exact) mass is 296 g/mol. The Morgan fingerprint density at radius 2 is 1.81 bits per heavy atom. The van der Waals surface area contributed by atoms with E-state index in [0.29, 0.717) is 0 Å². The third kappa shape index (κ3) is 3.98. The van der Waals surface area contributed by atoms with Crippen LogP contribution in [0.2, 0.25) is 0 Å². The Bertz CT molecular complexity index is 571. The van der Waals surface area contributed by atoms with Gasteiger partial charge in [0, 0.05) is 13.1 Å². The first-order chi connectivity index (χ1) is 9.97. The second-order valence-corrected chi connectivity index (χ2v) is 4.86. The Morgan fingerprint density at radius 1 is 1.14 bits per heavy atom. The molecular weight excluding hydrogens is 278 g/mol. The highest BCUT2D eigenvalue weighted by molar-refractivity contribution is 5.29. The summed E-state index contributed by atoms with van der Waals surface area (Å²) in [6, 6.07) is 6.65. The molecule has 0 saturated carbocycles. The zero-order valence-electron chi connectivity index (χ0n) is 12.1. The van der Waals surface area contributed by atoms with E-state index in [1.54, 1.807) is 18.5 Å². The van der Waals surface area contributed by atoms with Crippen LogP contribution in [-0.4, -0.2) is 21.4 Å². The van der Waals surface area contributed by atoms with Gasteiger partial charge in [-0.05, 0) is 31.5 Å². The Kier molecular flexibility index (Phi) is 4.85. The maximum atomic E-state index is 12.1. The standard InChI is InChI=1S/C14H18F2N4O/c1-9(18-10(2)13-19-17-8-20(13)3)11-4-6-12(7-5-11)21-14(15)16/h4-10,14,18H,1-3H3. The molecule has 1 aromatic heterocycles. The van der Waals surface area contributed by atoms with Gasteiger partial charge in [0.05, 0.1) is 6.04 Å². The summed E-state index contributed by atoms with van der Waals surface area (Å²) in [5.41, 5.74) is 0.977. The smallest absolute Gasteiger partial charge is 0.387 e. The number of alkyl halides is 2. The molecule has 0 spiro atoms. The lowest BCUT2D eigenvalue weighted by molar-refractivity contribution is -0.0498. The van der Waals surface area contributed by atoms with Crippen molar-refractivity contribution in [2.75, 3.05) is 0 Å². The largest absolute Gasteiger partial charge is 0.435 e. The van der Waals surface area contributed by atoms with Gasteiger partial charge >= 0.3 is 6.61 Å². The molecule has 0 fully saturated rings. The maximum Gasteiger partial charge on any atom is 0.387 e. The maximum absolute atomic E-state index is 12.1. The lowest BCUT2D eigenvalue weighted by Crippen LogP contribution is -2.24. The SMILES string of the molecule is CC(NC(C)c1nncn1C)c1ccc(OC(F)F)cc1. The third-order valence-electron chi connectivity index (χ3n) is 3.24. The van der Waals surface area contributed by atoms with Crippen molar-refractivity contribution in [1.82, 2.24) is 20.1 Å². The van der Waals surface area contributed by atoms with E-state index in [1.165, 1.54) is 12.1 Å². The van der Waals surface area contributed by atoms with Crippen LogP contribution in [-0.2, 0) is 7.05 Å². The predicted molar refractivity (Wildman–Crippen MR) is 74.0 cm³/mol. The Morgan fingerprint density at radius 3 is 2.33 bits per heavy atom. The summed E-state index contributed by atoms with van der Waals surface area (Å²) in [6.45, 7) is 1.19. The molecule has 2 aromatic rings. The van der Waals surface area contributed by atoms with Crippen LogP contribution in [0.25, 0.3) is 0 Å². The molecule has 1 N–H and O–H groups in total. The molecule has 7 heteroatoms. The number of aromatic nitrogens is 3. The number of rotatable bonds is 6. The summed E-state index contributed by atoms with van der Waals surface area (Å²) in [5, 5.41) is 11.3. The number of benzene rings is 1. The summed E-state index contributed by atoms with van der Waals surface area (Å²) < 4.78 is 30.4. The van der Waals surface area contributed by atoms with Gasteiger partial charge in [-0.15, -0.1) is 10.2 Å². The summed E-state index contributed by atoms with van der Waals surface area (Å²) in [6.07, 6.45) is 1.65. The third-order valence-corrected chi connectivity index (χ3v) is 3.24. The van der Waals surface area contributed by atoms with Crippen molar-refractivity contribution < 1.29 is 13.5 Å². The Labute approximate surface area is 121 Å². The average molecular weight is 296 g/mol. The highest BCUT2D eigenvalue weighted by atomic mass is 19.3. The normalized spacial score (nSPS) is 14.2. The van der Waals surface area contributed by atoms with Gasteiger partial charge in [-0.1, -0.05) is 12.1 Å². The van der Waals surface area contributed by atoms with Crippen LogP contribution in [0.3, 0.4) is 0 Å². The summed E-state index contributed by atoms with van der Waals surface area (Å²) >= 11 is 0. The number of hydrogen-bond acceptors (Lipinski definition) is 4. The van der Waals surface area contributed by atoms with E-state index < -0.39 is 6.61 Å². The molecule has 0 radical (unpaired) electrons. The van der Waals surface area contributed by atoms with Crippen molar-refractivity contribution >= 4 is 0 Å². The van der Waals surface area contributed by atoms with Crippen molar-refractivity contribution in [2.45, 2.75) is 32.5 Å². The van der Waals surface area contributed by atoms with Crippen LogP contribution in [0, 0.1) is 0 Å². The van der Waals surface area contributed by atoms with Crippen LogP contribution >= 0.6 is 0 Å². The Balaban J connectivity index is 2.00. The quantitative estimate of drug-likeness (QED) is 0.890. The van der Waals surface area contributed by atoms with E-state index >= 15 is 0 Å². The lowest BCUT2D eigenvalue weighted by Gasteiger charge is -2.20. The summed E-state index contributed by atoms with van der Waals surface area (Å²) in [7, 11) is 1.88. The predicted octanol–water partition coefficient (Wildman–Crippen LogP) is 2.83. The molecule has 0 saturated heterocycles. The fourth-order valence-corrected chi connectivity index (χ4v) is 2.17. The fraction of sp³-hybridized carbons (Fsp3) is 0.429. The molecule has 0 bridgehead atoms. The first-order valence-electron chi connectivity index (χ1n) is 6.62. The zero-order chi connectivity index (χ0) is 15.4. The van der Waals surface area contributed by atoms with Crippen molar-refractivity contribution in [3.63, 3.8) is 0 Å². The molecule has 114 valence electrons. The molecule has 0 aliphatic heterocycles. The minimum absolute atomic E-state index is 0.0180. The highest BCUT2D eigenvalue weighted by Gasteiger charge is 2.15. The van der Waals surface area contributed by atoms with Crippen LogP contribution in [0.5, 0.6) is 5.75 Å². The van der Waals surface area contributed by atoms with Crippen LogP contribution in [0.1, 0.15) is 37.3 Å². The molecular formula is C14H18F2N4O. The number of halogens is 2. The van der Waals surface area contributed by atoms with Gasteiger partial charge in [0.15, 0.2) is 0 Å². The lowest BCUT2D eigenvalue weighted by atomic mass is 10.1. The average Bonchev–Trinajstić information content (AvgIpc) is 2.85. The fourth-order valence-electron chi connectivity index (χ4n) is 2.17. The van der Waals surface area contributed by atoms with Gasteiger partial charge in [0.1, 0.15) is 17.9 Å². The minimum Gasteiger partial charge on any atom is -0.435 e. The molecule has 0 amide bonds. The molecule has 0 aliphatic carbocycles. The minimum atomic E-state index is -2.80. The van der Waals surface area contributed by atoms with Crippen LogP contribution in [0.4, 0.5) is 8.78 Å². The topological polar surface area (TPSA) is 52.0 Å². The first-order valence-corrected chi connectivity index (χ1v) is 6.62. The van der Waals surface area contributed by atoms with Gasteiger partial charge in [-0.2, -0.15) is 8.78 Å². The molecule has 21 heavy (non-hydrogen) atoms.